The summed E-state index contributed by atoms with van der Waals surface area (Å²) in [5, 5.41) is 0. The maximum atomic E-state index is 5.19. The van der Waals surface area contributed by atoms with E-state index in [9.17, 15) is 0 Å². The van der Waals surface area contributed by atoms with Gasteiger partial charge in [0.1, 0.15) is 6.33 Å². The van der Waals surface area contributed by atoms with Crippen molar-refractivity contribution in [2.75, 3.05) is 18.6 Å². The Balaban J connectivity index is 1.87. The van der Waals surface area contributed by atoms with E-state index in [1.807, 2.05) is 19.3 Å². The summed E-state index contributed by atoms with van der Waals surface area (Å²) in [7, 11) is 1.64. The predicted molar refractivity (Wildman–Crippen MR) is 72.3 cm³/mol. The van der Waals surface area contributed by atoms with Gasteiger partial charge in [0.15, 0.2) is 0 Å². The Hall–Kier alpha value is -2.17. The normalized spacial score (nSPS) is 14.1. The van der Waals surface area contributed by atoms with E-state index in [4.69, 9.17) is 4.74 Å². The molecular formula is C14H16N4O. The molecule has 0 atom stereocenters. The van der Waals surface area contributed by atoms with Crippen molar-refractivity contribution < 1.29 is 4.74 Å². The Morgan fingerprint density at radius 2 is 2.16 bits per heavy atom. The molecule has 98 valence electrons. The molecule has 0 aliphatic carbocycles. The van der Waals surface area contributed by atoms with Crippen LogP contribution in [0.4, 0.5) is 5.69 Å². The van der Waals surface area contributed by atoms with Crippen LogP contribution in [0.1, 0.15) is 16.8 Å². The molecule has 1 aliphatic heterocycles. The van der Waals surface area contributed by atoms with Gasteiger partial charge in [0.2, 0.25) is 5.88 Å². The van der Waals surface area contributed by atoms with Gasteiger partial charge in [-0.1, -0.05) is 0 Å². The molecule has 0 bridgehead atoms. The highest BCUT2D eigenvalue weighted by atomic mass is 16.5. The second-order valence-corrected chi connectivity index (χ2v) is 4.69. The number of hydrogen-bond acceptors (Lipinski definition) is 5. The van der Waals surface area contributed by atoms with Gasteiger partial charge in [-0.15, -0.1) is 0 Å². The number of fused-ring (bicyclic) bond motifs is 1. The highest BCUT2D eigenvalue weighted by Gasteiger charge is 2.18. The van der Waals surface area contributed by atoms with E-state index in [1.54, 1.807) is 13.4 Å². The van der Waals surface area contributed by atoms with Crippen LogP contribution < -0.4 is 9.64 Å². The van der Waals surface area contributed by atoms with Crippen LogP contribution in [0, 0.1) is 6.92 Å². The molecule has 2 aromatic rings. The lowest BCUT2D eigenvalue weighted by Crippen LogP contribution is -2.31. The van der Waals surface area contributed by atoms with Crippen LogP contribution in [0.3, 0.4) is 0 Å². The summed E-state index contributed by atoms with van der Waals surface area (Å²) in [5.41, 5.74) is 4.52. The molecule has 5 nitrogen and oxygen atoms in total. The molecule has 2 aromatic heterocycles. The molecule has 0 N–H and O–H groups in total. The van der Waals surface area contributed by atoms with Crippen molar-refractivity contribution in [3.8, 4) is 5.88 Å². The number of ether oxygens (including phenoxy) is 1. The third-order valence-corrected chi connectivity index (χ3v) is 3.44. The van der Waals surface area contributed by atoms with Crippen molar-refractivity contribution in [1.82, 2.24) is 15.0 Å². The monoisotopic (exact) mass is 256 g/mol. The number of methoxy groups -OCH3 is 1. The van der Waals surface area contributed by atoms with Gasteiger partial charge >= 0.3 is 0 Å². The fourth-order valence-corrected chi connectivity index (χ4v) is 2.42. The van der Waals surface area contributed by atoms with Crippen LogP contribution in [-0.2, 0) is 13.0 Å². The zero-order valence-electron chi connectivity index (χ0n) is 11.1. The van der Waals surface area contributed by atoms with Gasteiger partial charge in [-0.25, -0.2) is 15.0 Å². The lowest BCUT2D eigenvalue weighted by atomic mass is 10.1. The van der Waals surface area contributed by atoms with Gasteiger partial charge in [-0.05, 0) is 13.0 Å². The lowest BCUT2D eigenvalue weighted by Gasteiger charge is -2.29. The standard InChI is InChI=1S/C14H16N4O/c1-10-5-12(7-16-14(10)19-2)18-4-3-13-11(8-18)6-15-9-17-13/h5-7,9H,3-4,8H2,1-2H3. The summed E-state index contributed by atoms with van der Waals surface area (Å²) in [5.74, 6) is 0.685. The Labute approximate surface area is 112 Å². The minimum atomic E-state index is 0.685. The molecule has 0 aromatic carbocycles. The topological polar surface area (TPSA) is 51.1 Å². The van der Waals surface area contributed by atoms with Crippen molar-refractivity contribution in [2.45, 2.75) is 19.9 Å². The van der Waals surface area contributed by atoms with Gasteiger partial charge in [0.05, 0.1) is 24.7 Å². The van der Waals surface area contributed by atoms with Crippen LogP contribution in [0.2, 0.25) is 0 Å². The zero-order valence-corrected chi connectivity index (χ0v) is 11.1. The van der Waals surface area contributed by atoms with Crippen LogP contribution in [0.25, 0.3) is 0 Å². The fraction of sp³-hybridized carbons (Fsp3) is 0.357. The third-order valence-electron chi connectivity index (χ3n) is 3.44. The van der Waals surface area contributed by atoms with Crippen LogP contribution in [0.5, 0.6) is 5.88 Å². The van der Waals surface area contributed by atoms with Gasteiger partial charge < -0.3 is 9.64 Å². The highest BCUT2D eigenvalue weighted by Crippen LogP contribution is 2.25. The van der Waals surface area contributed by atoms with E-state index in [0.29, 0.717) is 5.88 Å². The average molecular weight is 256 g/mol. The summed E-state index contributed by atoms with van der Waals surface area (Å²) in [4.78, 5) is 15.0. The Morgan fingerprint density at radius 3 is 2.95 bits per heavy atom. The Morgan fingerprint density at radius 1 is 1.26 bits per heavy atom. The second kappa shape index (κ2) is 4.84. The molecule has 0 saturated carbocycles. The van der Waals surface area contributed by atoms with Crippen LogP contribution in [0.15, 0.2) is 24.8 Å². The van der Waals surface area contributed by atoms with Crippen molar-refractivity contribution in [1.29, 1.82) is 0 Å². The molecule has 1 aliphatic rings. The van der Waals surface area contributed by atoms with Crippen molar-refractivity contribution >= 4 is 5.69 Å². The number of nitrogens with zero attached hydrogens (tertiary/aromatic N) is 4. The molecule has 0 fully saturated rings. The number of rotatable bonds is 2. The molecule has 0 amide bonds. The largest absolute Gasteiger partial charge is 0.481 e. The number of hydrogen-bond donors (Lipinski definition) is 0. The number of pyridine rings is 1. The summed E-state index contributed by atoms with van der Waals surface area (Å²) < 4.78 is 5.19. The third kappa shape index (κ3) is 2.23. The predicted octanol–water partition coefficient (Wildman–Crippen LogP) is 1.75. The minimum Gasteiger partial charge on any atom is -0.481 e. The van der Waals surface area contributed by atoms with Crippen LogP contribution in [-0.4, -0.2) is 28.6 Å². The quantitative estimate of drug-likeness (QED) is 0.819. The first-order valence-electron chi connectivity index (χ1n) is 6.31. The van der Waals surface area contributed by atoms with E-state index in [2.05, 4.69) is 25.9 Å². The van der Waals surface area contributed by atoms with Gasteiger partial charge in [-0.2, -0.15) is 0 Å². The van der Waals surface area contributed by atoms with Gasteiger partial charge in [0.25, 0.3) is 0 Å². The van der Waals surface area contributed by atoms with Gasteiger partial charge in [-0.3, -0.25) is 0 Å². The first-order chi connectivity index (χ1) is 9.28. The fourth-order valence-electron chi connectivity index (χ4n) is 2.42. The molecule has 19 heavy (non-hydrogen) atoms. The molecule has 3 heterocycles. The second-order valence-electron chi connectivity index (χ2n) is 4.69. The first kappa shape index (κ1) is 11.9. The lowest BCUT2D eigenvalue weighted by molar-refractivity contribution is 0.394. The summed E-state index contributed by atoms with van der Waals surface area (Å²) >= 11 is 0. The maximum absolute atomic E-state index is 5.19. The highest BCUT2D eigenvalue weighted by molar-refractivity contribution is 5.50. The summed E-state index contributed by atoms with van der Waals surface area (Å²) in [6, 6.07) is 2.11. The van der Waals surface area contributed by atoms with E-state index in [1.165, 1.54) is 5.56 Å². The molecule has 0 saturated heterocycles. The summed E-state index contributed by atoms with van der Waals surface area (Å²) in [6.45, 7) is 3.80. The molecule has 0 unspecified atom stereocenters. The Bertz CT molecular complexity index is 600. The molecule has 3 rings (SSSR count). The first-order valence-corrected chi connectivity index (χ1v) is 6.31. The number of anilines is 1. The van der Waals surface area contributed by atoms with Gasteiger partial charge in [0, 0.05) is 36.8 Å². The van der Waals surface area contributed by atoms with E-state index < -0.39 is 0 Å². The van der Waals surface area contributed by atoms with Crippen molar-refractivity contribution in [3.63, 3.8) is 0 Å². The minimum absolute atomic E-state index is 0.685. The number of aromatic nitrogens is 3. The van der Waals surface area contributed by atoms with Crippen molar-refractivity contribution in [3.05, 3.63) is 41.6 Å². The summed E-state index contributed by atoms with van der Waals surface area (Å²) in [6.07, 6.45) is 6.33. The smallest absolute Gasteiger partial charge is 0.216 e. The van der Waals surface area contributed by atoms with E-state index >= 15 is 0 Å². The molecule has 5 heteroatoms. The van der Waals surface area contributed by atoms with E-state index in [-0.39, 0.29) is 0 Å². The average Bonchev–Trinajstić information content (AvgIpc) is 2.46. The zero-order chi connectivity index (χ0) is 13.2. The molecule has 0 spiro atoms. The molecular weight excluding hydrogens is 240 g/mol. The van der Waals surface area contributed by atoms with Crippen LogP contribution >= 0.6 is 0 Å². The maximum Gasteiger partial charge on any atom is 0.216 e. The Kier molecular flexibility index (Phi) is 3.03. The van der Waals surface area contributed by atoms with E-state index in [0.717, 1.165) is 36.5 Å². The molecule has 0 radical (unpaired) electrons. The number of aryl methyl sites for hydroxylation is 1. The van der Waals surface area contributed by atoms with Crippen molar-refractivity contribution in [2.24, 2.45) is 0 Å². The SMILES string of the molecule is COc1ncc(N2CCc3ncncc3C2)cc1C.